The summed E-state index contributed by atoms with van der Waals surface area (Å²) in [4.78, 5) is 11.3. The zero-order valence-electron chi connectivity index (χ0n) is 20.1. The Morgan fingerprint density at radius 1 is 0.973 bits per heavy atom. The average molecular weight is 505 g/mol. The molecule has 2 aromatic carbocycles. The lowest BCUT2D eigenvalue weighted by atomic mass is 10.0. The Morgan fingerprint density at radius 3 is 2.51 bits per heavy atom. The molecule has 1 atom stereocenters. The molecule has 0 aliphatic carbocycles. The van der Waals surface area contributed by atoms with Crippen LogP contribution in [-0.2, 0) is 19.8 Å². The lowest BCUT2D eigenvalue weighted by Crippen LogP contribution is -2.32. The van der Waals surface area contributed by atoms with Crippen LogP contribution in [0.3, 0.4) is 0 Å². The van der Waals surface area contributed by atoms with Crippen molar-refractivity contribution in [1.29, 1.82) is 0 Å². The maximum absolute atomic E-state index is 12.9. The second kappa shape index (κ2) is 8.65. The van der Waals surface area contributed by atoms with E-state index in [1.807, 2.05) is 49.3 Å². The summed E-state index contributed by atoms with van der Waals surface area (Å²) in [5.74, 6) is 0.692. The van der Waals surface area contributed by atoms with Crippen LogP contribution >= 0.6 is 0 Å². The first-order valence-electron chi connectivity index (χ1n) is 11.7. The normalized spacial score (nSPS) is 15.6. The second-order valence-electron chi connectivity index (χ2n) is 9.25. The van der Waals surface area contributed by atoms with Gasteiger partial charge in [0.05, 0.1) is 36.9 Å². The first kappa shape index (κ1) is 23.1. The third-order valence-corrected chi connectivity index (χ3v) is 6.60. The van der Waals surface area contributed by atoms with E-state index in [0.717, 1.165) is 45.7 Å². The summed E-state index contributed by atoms with van der Waals surface area (Å²) < 4.78 is 48.7. The quantitative estimate of drug-likeness (QED) is 0.325. The van der Waals surface area contributed by atoms with Crippen molar-refractivity contribution in [2.75, 3.05) is 18.5 Å². The molecule has 3 aromatic heterocycles. The third-order valence-electron chi connectivity index (χ3n) is 6.60. The second-order valence-corrected chi connectivity index (χ2v) is 9.25. The van der Waals surface area contributed by atoms with Gasteiger partial charge in [-0.1, -0.05) is 18.2 Å². The molecule has 0 radical (unpaired) electrons. The zero-order valence-corrected chi connectivity index (χ0v) is 20.1. The minimum Gasteiger partial charge on any atom is -0.482 e. The molecule has 7 nitrogen and oxygen atoms in total. The van der Waals surface area contributed by atoms with E-state index < -0.39 is 11.7 Å². The summed E-state index contributed by atoms with van der Waals surface area (Å²) in [6.07, 6.45) is 2.63. The summed E-state index contributed by atoms with van der Waals surface area (Å²) in [6.45, 7) is 1.10. The molecule has 6 rings (SSSR count). The van der Waals surface area contributed by atoms with Crippen LogP contribution in [0.1, 0.15) is 22.8 Å². The van der Waals surface area contributed by atoms with Gasteiger partial charge < -0.3 is 14.2 Å². The van der Waals surface area contributed by atoms with Crippen molar-refractivity contribution < 1.29 is 17.9 Å². The van der Waals surface area contributed by atoms with Gasteiger partial charge in [0.15, 0.2) is 5.65 Å². The first-order chi connectivity index (χ1) is 17.7. The van der Waals surface area contributed by atoms with Crippen molar-refractivity contribution in [3.63, 3.8) is 0 Å². The molecule has 0 bridgehead atoms. The third kappa shape index (κ3) is 4.39. The number of aromatic nitrogens is 5. The number of hydrogen-bond donors (Lipinski definition) is 0. The molecule has 5 aromatic rings. The number of anilines is 1. The number of imidazole rings is 1. The van der Waals surface area contributed by atoms with E-state index in [4.69, 9.17) is 4.74 Å². The van der Waals surface area contributed by atoms with Crippen LogP contribution in [0, 0.1) is 0 Å². The molecule has 0 amide bonds. The van der Waals surface area contributed by atoms with E-state index in [-0.39, 0.29) is 6.10 Å². The largest absolute Gasteiger partial charge is 0.482 e. The van der Waals surface area contributed by atoms with Gasteiger partial charge in [-0.25, -0.2) is 9.97 Å². The molecule has 0 saturated heterocycles. The Kier molecular flexibility index (Phi) is 5.40. The van der Waals surface area contributed by atoms with E-state index in [2.05, 4.69) is 26.0 Å². The molecule has 4 heterocycles. The van der Waals surface area contributed by atoms with Crippen LogP contribution in [-0.4, -0.2) is 37.9 Å². The van der Waals surface area contributed by atoms with Gasteiger partial charge >= 0.3 is 6.18 Å². The molecule has 0 saturated carbocycles. The maximum atomic E-state index is 12.9. The van der Waals surface area contributed by atoms with Crippen LogP contribution in [0.5, 0.6) is 5.75 Å². The molecule has 1 aliphatic rings. The van der Waals surface area contributed by atoms with Crippen molar-refractivity contribution in [3.8, 4) is 16.9 Å². The lowest BCUT2D eigenvalue weighted by molar-refractivity contribution is -0.137. The van der Waals surface area contributed by atoms with E-state index in [1.165, 1.54) is 12.1 Å². The van der Waals surface area contributed by atoms with Crippen molar-refractivity contribution in [1.82, 2.24) is 24.3 Å². The van der Waals surface area contributed by atoms with Gasteiger partial charge in [-0.2, -0.15) is 18.3 Å². The molecular weight excluding hydrogens is 481 g/mol. The number of fused-ring (bicyclic) bond motifs is 2. The minimum atomic E-state index is -4.36. The molecular formula is C27H23F3N6O. The van der Waals surface area contributed by atoms with Crippen LogP contribution < -0.4 is 9.64 Å². The SMILES string of the molecule is CN1CC(c2ccc(C(F)(F)F)cc2)Oc2ccc(Cn3cnc4cc(-c5cnn(C)c5)cnc43)cc21. The fraction of sp³-hybridized carbons (Fsp3) is 0.222. The Labute approximate surface area is 210 Å². The van der Waals surface area contributed by atoms with Gasteiger partial charge in [0, 0.05) is 37.6 Å². The van der Waals surface area contributed by atoms with Gasteiger partial charge in [0.25, 0.3) is 0 Å². The van der Waals surface area contributed by atoms with Gasteiger partial charge in [-0.15, -0.1) is 0 Å². The predicted molar refractivity (Wildman–Crippen MR) is 133 cm³/mol. The van der Waals surface area contributed by atoms with Crippen LogP contribution in [0.15, 0.2) is 73.4 Å². The first-order valence-corrected chi connectivity index (χ1v) is 11.7. The highest BCUT2D eigenvalue weighted by molar-refractivity contribution is 5.78. The fourth-order valence-electron chi connectivity index (χ4n) is 4.65. The number of hydrogen-bond acceptors (Lipinski definition) is 5. The van der Waals surface area contributed by atoms with Gasteiger partial charge in [0.1, 0.15) is 17.4 Å². The Bertz CT molecular complexity index is 1590. The topological polar surface area (TPSA) is 61.0 Å². The summed E-state index contributed by atoms with van der Waals surface area (Å²) >= 11 is 0. The molecule has 188 valence electrons. The molecule has 10 heteroatoms. The van der Waals surface area contributed by atoms with Gasteiger partial charge in [-0.3, -0.25) is 4.68 Å². The number of aryl methyl sites for hydroxylation is 1. The number of benzene rings is 2. The Balaban J connectivity index is 1.21. The Morgan fingerprint density at radius 2 is 1.78 bits per heavy atom. The molecule has 37 heavy (non-hydrogen) atoms. The highest BCUT2D eigenvalue weighted by Gasteiger charge is 2.31. The average Bonchev–Trinajstić information content (AvgIpc) is 3.49. The predicted octanol–water partition coefficient (Wildman–Crippen LogP) is 5.47. The number of rotatable bonds is 4. The lowest BCUT2D eigenvalue weighted by Gasteiger charge is -2.34. The highest BCUT2D eigenvalue weighted by atomic mass is 19.4. The monoisotopic (exact) mass is 504 g/mol. The molecule has 0 spiro atoms. The maximum Gasteiger partial charge on any atom is 0.416 e. The van der Waals surface area contributed by atoms with Gasteiger partial charge in [-0.05, 0) is 41.5 Å². The van der Waals surface area contributed by atoms with Crippen LogP contribution in [0.4, 0.5) is 18.9 Å². The molecule has 1 aliphatic heterocycles. The Hall–Kier alpha value is -4.34. The van der Waals surface area contributed by atoms with E-state index >= 15 is 0 Å². The van der Waals surface area contributed by atoms with Gasteiger partial charge in [0.2, 0.25) is 0 Å². The number of nitrogens with zero attached hydrogens (tertiary/aromatic N) is 6. The smallest absolute Gasteiger partial charge is 0.416 e. The summed E-state index contributed by atoms with van der Waals surface area (Å²) in [6, 6.07) is 13.1. The van der Waals surface area contributed by atoms with Crippen molar-refractivity contribution in [3.05, 3.63) is 90.1 Å². The highest BCUT2D eigenvalue weighted by Crippen LogP contribution is 2.39. The standard InChI is InChI=1S/C27H23F3N6O/c1-34-15-25(18-4-6-21(7-5-18)27(28,29)30)37-24-8-3-17(9-23(24)34)13-36-16-32-22-10-19(11-31-26(22)36)20-12-33-35(2)14-20/h3-12,14,16,25H,13,15H2,1-2H3. The minimum absolute atomic E-state index is 0.360. The summed E-state index contributed by atoms with van der Waals surface area (Å²) in [7, 11) is 3.83. The van der Waals surface area contributed by atoms with E-state index in [1.54, 1.807) is 17.2 Å². The zero-order chi connectivity index (χ0) is 25.7. The summed E-state index contributed by atoms with van der Waals surface area (Å²) in [5.41, 5.74) is 5.56. The van der Waals surface area contributed by atoms with E-state index in [0.29, 0.717) is 24.4 Å². The summed E-state index contributed by atoms with van der Waals surface area (Å²) in [5, 5.41) is 4.22. The van der Waals surface area contributed by atoms with Crippen molar-refractivity contribution >= 4 is 16.9 Å². The molecule has 0 N–H and O–H groups in total. The number of ether oxygens (including phenoxy) is 1. The van der Waals surface area contributed by atoms with Crippen molar-refractivity contribution in [2.24, 2.45) is 7.05 Å². The van der Waals surface area contributed by atoms with E-state index in [9.17, 15) is 13.2 Å². The number of halogens is 3. The molecule has 0 fully saturated rings. The molecule has 1 unspecified atom stereocenters. The number of likely N-dealkylation sites (N-methyl/N-ethyl adjacent to an activating group) is 1. The van der Waals surface area contributed by atoms with Crippen molar-refractivity contribution in [2.45, 2.75) is 18.8 Å². The van der Waals surface area contributed by atoms with Crippen LogP contribution in [0.25, 0.3) is 22.3 Å². The number of alkyl halides is 3. The fourth-order valence-corrected chi connectivity index (χ4v) is 4.65. The van der Waals surface area contributed by atoms with Crippen LogP contribution in [0.2, 0.25) is 0 Å². The number of pyridine rings is 1.